The summed E-state index contributed by atoms with van der Waals surface area (Å²) in [6.07, 6.45) is 0. The summed E-state index contributed by atoms with van der Waals surface area (Å²) < 4.78 is 1.90. The van der Waals surface area contributed by atoms with Crippen LogP contribution in [0.25, 0.3) is 49.3 Å². The van der Waals surface area contributed by atoms with Crippen molar-refractivity contribution >= 4 is 43.6 Å². The minimum absolute atomic E-state index is 0.902. The third-order valence-corrected chi connectivity index (χ3v) is 5.07. The maximum atomic E-state index is 4.34. The summed E-state index contributed by atoms with van der Waals surface area (Å²) >= 11 is 0. The van der Waals surface area contributed by atoms with Gasteiger partial charge >= 0.3 is 0 Å². The standard InChI is InChI=1S/C22H14N4/c1-2-6-18-17(5-1)22-16-11-10-15(13-14(16)9-12-20(22)23-18)26-21-8-4-3-7-19(21)24-25-26/h1-13,23H. The Morgan fingerprint density at radius 2 is 1.62 bits per heavy atom. The lowest BCUT2D eigenvalue weighted by Crippen LogP contribution is -1.96. The molecule has 0 saturated heterocycles. The van der Waals surface area contributed by atoms with Gasteiger partial charge in [-0.05, 0) is 47.2 Å². The fourth-order valence-electron chi connectivity index (χ4n) is 3.86. The zero-order chi connectivity index (χ0) is 17.1. The van der Waals surface area contributed by atoms with E-state index in [4.69, 9.17) is 0 Å². The van der Waals surface area contributed by atoms with Crippen LogP contribution in [0.3, 0.4) is 0 Å². The SMILES string of the molecule is c1ccc2c(c1)nnn2-c1ccc2c(ccc3[nH]c4ccccc4c32)c1. The molecular formula is C22H14N4. The van der Waals surface area contributed by atoms with Crippen molar-refractivity contribution in [2.75, 3.05) is 0 Å². The van der Waals surface area contributed by atoms with E-state index in [9.17, 15) is 0 Å². The minimum Gasteiger partial charge on any atom is -0.354 e. The van der Waals surface area contributed by atoms with Gasteiger partial charge in [-0.2, -0.15) is 0 Å². The molecule has 122 valence electrons. The van der Waals surface area contributed by atoms with Gasteiger partial charge in [-0.1, -0.05) is 47.7 Å². The number of hydrogen-bond donors (Lipinski definition) is 1. The van der Waals surface area contributed by atoms with E-state index in [0.717, 1.165) is 22.2 Å². The number of nitrogens with one attached hydrogen (secondary N) is 1. The van der Waals surface area contributed by atoms with Crippen LogP contribution in [-0.4, -0.2) is 20.0 Å². The third-order valence-electron chi connectivity index (χ3n) is 5.07. The van der Waals surface area contributed by atoms with Crippen molar-refractivity contribution in [1.82, 2.24) is 20.0 Å². The van der Waals surface area contributed by atoms with E-state index in [2.05, 4.69) is 69.9 Å². The second kappa shape index (κ2) is 4.92. The number of fused-ring (bicyclic) bond motifs is 6. The highest BCUT2D eigenvalue weighted by Gasteiger charge is 2.10. The largest absolute Gasteiger partial charge is 0.354 e. The van der Waals surface area contributed by atoms with Crippen LogP contribution in [0.4, 0.5) is 0 Å². The molecule has 6 rings (SSSR count). The van der Waals surface area contributed by atoms with E-state index >= 15 is 0 Å². The molecule has 2 heterocycles. The highest BCUT2D eigenvalue weighted by atomic mass is 15.4. The highest BCUT2D eigenvalue weighted by molar-refractivity contribution is 6.20. The van der Waals surface area contributed by atoms with Crippen molar-refractivity contribution < 1.29 is 0 Å². The Balaban J connectivity index is 1.66. The molecular weight excluding hydrogens is 320 g/mol. The molecule has 0 spiro atoms. The average Bonchev–Trinajstić information content (AvgIpc) is 3.29. The van der Waals surface area contributed by atoms with Crippen molar-refractivity contribution in [2.45, 2.75) is 0 Å². The van der Waals surface area contributed by atoms with Crippen LogP contribution in [0.1, 0.15) is 0 Å². The summed E-state index contributed by atoms with van der Waals surface area (Å²) in [6.45, 7) is 0. The van der Waals surface area contributed by atoms with E-state index in [1.165, 1.54) is 27.1 Å². The normalized spacial score (nSPS) is 11.8. The Hall–Kier alpha value is -3.66. The topological polar surface area (TPSA) is 46.5 Å². The van der Waals surface area contributed by atoms with Crippen LogP contribution < -0.4 is 0 Å². The van der Waals surface area contributed by atoms with Crippen LogP contribution in [-0.2, 0) is 0 Å². The van der Waals surface area contributed by atoms with Crippen LogP contribution in [0.15, 0.2) is 78.9 Å². The number of para-hydroxylation sites is 2. The first-order valence-corrected chi connectivity index (χ1v) is 8.62. The van der Waals surface area contributed by atoms with Gasteiger partial charge in [-0.25, -0.2) is 4.68 Å². The Morgan fingerprint density at radius 1 is 0.731 bits per heavy atom. The summed E-state index contributed by atoms with van der Waals surface area (Å²) in [5.74, 6) is 0. The molecule has 0 aliphatic carbocycles. The third kappa shape index (κ3) is 1.78. The van der Waals surface area contributed by atoms with Crippen molar-refractivity contribution in [3.05, 3.63) is 78.9 Å². The van der Waals surface area contributed by atoms with Crippen molar-refractivity contribution in [3.8, 4) is 5.69 Å². The Morgan fingerprint density at radius 3 is 2.62 bits per heavy atom. The van der Waals surface area contributed by atoms with Crippen LogP contribution in [0.2, 0.25) is 0 Å². The zero-order valence-electron chi connectivity index (χ0n) is 13.8. The minimum atomic E-state index is 0.902. The lowest BCUT2D eigenvalue weighted by atomic mass is 10.0. The molecule has 4 aromatic carbocycles. The van der Waals surface area contributed by atoms with Gasteiger partial charge in [0.15, 0.2) is 0 Å². The second-order valence-corrected chi connectivity index (χ2v) is 6.55. The molecule has 0 aliphatic rings. The molecule has 0 bridgehead atoms. The predicted molar refractivity (Wildman–Crippen MR) is 106 cm³/mol. The first-order valence-electron chi connectivity index (χ1n) is 8.62. The van der Waals surface area contributed by atoms with Gasteiger partial charge in [0.2, 0.25) is 0 Å². The molecule has 0 aliphatic heterocycles. The van der Waals surface area contributed by atoms with Crippen LogP contribution >= 0.6 is 0 Å². The van der Waals surface area contributed by atoms with E-state index < -0.39 is 0 Å². The van der Waals surface area contributed by atoms with Gasteiger partial charge in [0.1, 0.15) is 5.52 Å². The maximum absolute atomic E-state index is 4.34. The van der Waals surface area contributed by atoms with E-state index in [-0.39, 0.29) is 0 Å². The van der Waals surface area contributed by atoms with Crippen LogP contribution in [0, 0.1) is 0 Å². The number of H-pyrrole nitrogens is 1. The average molecular weight is 334 g/mol. The maximum Gasteiger partial charge on any atom is 0.113 e. The number of rotatable bonds is 1. The zero-order valence-corrected chi connectivity index (χ0v) is 13.8. The van der Waals surface area contributed by atoms with Gasteiger partial charge in [0.05, 0.1) is 11.2 Å². The molecule has 4 nitrogen and oxygen atoms in total. The highest BCUT2D eigenvalue weighted by Crippen LogP contribution is 2.33. The summed E-state index contributed by atoms with van der Waals surface area (Å²) in [6, 6.07) is 27.3. The van der Waals surface area contributed by atoms with Gasteiger partial charge in [-0.15, -0.1) is 5.10 Å². The predicted octanol–water partition coefficient (Wildman–Crippen LogP) is 5.21. The molecule has 2 aromatic heterocycles. The van der Waals surface area contributed by atoms with E-state index in [1.807, 2.05) is 28.9 Å². The van der Waals surface area contributed by atoms with Crippen molar-refractivity contribution in [2.24, 2.45) is 0 Å². The number of aromatic nitrogens is 4. The van der Waals surface area contributed by atoms with Gasteiger partial charge < -0.3 is 4.98 Å². The van der Waals surface area contributed by atoms with Crippen molar-refractivity contribution in [3.63, 3.8) is 0 Å². The van der Waals surface area contributed by atoms with Gasteiger partial charge in [-0.3, -0.25) is 0 Å². The Labute approximate surface area is 148 Å². The van der Waals surface area contributed by atoms with Crippen LogP contribution in [0.5, 0.6) is 0 Å². The molecule has 0 amide bonds. The molecule has 0 radical (unpaired) electrons. The number of nitrogens with zero attached hydrogens (tertiary/aromatic N) is 3. The molecule has 6 aromatic rings. The summed E-state index contributed by atoms with van der Waals surface area (Å²) in [4.78, 5) is 3.51. The summed E-state index contributed by atoms with van der Waals surface area (Å²) in [5, 5.41) is 13.6. The first kappa shape index (κ1) is 13.6. The first-order chi connectivity index (χ1) is 12.9. The summed E-state index contributed by atoms with van der Waals surface area (Å²) in [5.41, 5.74) is 5.27. The fraction of sp³-hybridized carbons (Fsp3) is 0. The monoisotopic (exact) mass is 334 g/mol. The molecule has 0 unspecified atom stereocenters. The summed E-state index contributed by atoms with van der Waals surface area (Å²) in [7, 11) is 0. The molecule has 1 N–H and O–H groups in total. The number of benzene rings is 4. The molecule has 26 heavy (non-hydrogen) atoms. The molecule has 0 fully saturated rings. The quantitative estimate of drug-likeness (QED) is 0.449. The number of hydrogen-bond acceptors (Lipinski definition) is 2. The lowest BCUT2D eigenvalue weighted by molar-refractivity contribution is 0.825. The Kier molecular flexibility index (Phi) is 2.58. The van der Waals surface area contributed by atoms with E-state index in [1.54, 1.807) is 0 Å². The van der Waals surface area contributed by atoms with Gasteiger partial charge in [0, 0.05) is 21.8 Å². The second-order valence-electron chi connectivity index (χ2n) is 6.55. The molecule has 0 saturated carbocycles. The number of aromatic amines is 1. The lowest BCUT2D eigenvalue weighted by Gasteiger charge is -2.06. The molecule has 4 heteroatoms. The molecule has 0 atom stereocenters. The Bertz CT molecular complexity index is 1440. The van der Waals surface area contributed by atoms with E-state index in [0.29, 0.717) is 0 Å². The van der Waals surface area contributed by atoms with Gasteiger partial charge in [0.25, 0.3) is 0 Å². The van der Waals surface area contributed by atoms with Crippen molar-refractivity contribution in [1.29, 1.82) is 0 Å². The fourth-order valence-corrected chi connectivity index (χ4v) is 3.86. The smallest absolute Gasteiger partial charge is 0.113 e.